The molecule has 0 bridgehead atoms. The normalized spacial score (nSPS) is 17.5. The lowest BCUT2D eigenvalue weighted by Gasteiger charge is -2.21. The maximum Gasteiger partial charge on any atom is 0.251 e. The average Bonchev–Trinajstić information content (AvgIpc) is 2.35. The quantitative estimate of drug-likeness (QED) is 0.811. The monoisotopic (exact) mass is 324 g/mol. The van der Waals surface area contributed by atoms with Gasteiger partial charge < -0.3 is 11.1 Å². The molecule has 1 aromatic rings. The van der Waals surface area contributed by atoms with Crippen molar-refractivity contribution in [3.8, 4) is 0 Å². The van der Waals surface area contributed by atoms with Crippen LogP contribution in [0.25, 0.3) is 0 Å². The van der Waals surface area contributed by atoms with Gasteiger partial charge in [-0.3, -0.25) is 4.79 Å². The fraction of sp³-hybridized carbons (Fsp3) is 0.533. The Bertz CT molecular complexity index is 440. The summed E-state index contributed by atoms with van der Waals surface area (Å²) >= 11 is 3.34. The fourth-order valence-corrected chi connectivity index (χ4v) is 2.80. The Kier molecular flexibility index (Phi) is 5.25. The molecule has 0 aliphatic heterocycles. The maximum absolute atomic E-state index is 12.2. The van der Waals surface area contributed by atoms with Gasteiger partial charge in [-0.05, 0) is 47.0 Å². The van der Waals surface area contributed by atoms with E-state index < -0.39 is 0 Å². The van der Waals surface area contributed by atoms with Crippen LogP contribution in [-0.4, -0.2) is 11.9 Å². The molecule has 2 rings (SSSR count). The van der Waals surface area contributed by atoms with Crippen molar-refractivity contribution in [1.29, 1.82) is 0 Å². The summed E-state index contributed by atoms with van der Waals surface area (Å²) in [6, 6.07) is 5.67. The van der Waals surface area contributed by atoms with Gasteiger partial charge in [-0.1, -0.05) is 32.1 Å². The number of nitrogen functional groups attached to an aromatic ring is 1. The zero-order chi connectivity index (χ0) is 13.7. The second-order valence-electron chi connectivity index (χ2n) is 5.25. The van der Waals surface area contributed by atoms with Gasteiger partial charge in [0.2, 0.25) is 0 Å². The molecule has 1 amide bonds. The second kappa shape index (κ2) is 6.94. The molecular weight excluding hydrogens is 304 g/mol. The Balaban J connectivity index is 1.96. The highest BCUT2D eigenvalue weighted by Gasteiger charge is 2.15. The van der Waals surface area contributed by atoms with Gasteiger partial charge in [-0.2, -0.15) is 0 Å². The number of anilines is 1. The highest BCUT2D eigenvalue weighted by atomic mass is 79.9. The number of nitrogens with two attached hydrogens (primary N) is 1. The van der Waals surface area contributed by atoms with E-state index in [9.17, 15) is 4.79 Å². The highest BCUT2D eigenvalue weighted by molar-refractivity contribution is 9.10. The van der Waals surface area contributed by atoms with Crippen molar-refractivity contribution in [3.05, 3.63) is 28.2 Å². The second-order valence-corrected chi connectivity index (χ2v) is 6.11. The van der Waals surface area contributed by atoms with Gasteiger partial charge in [-0.25, -0.2) is 0 Å². The molecule has 0 spiro atoms. The first-order chi connectivity index (χ1) is 9.16. The molecule has 3 nitrogen and oxygen atoms in total. The molecule has 1 aromatic carbocycles. The third kappa shape index (κ3) is 4.23. The van der Waals surface area contributed by atoms with Crippen LogP contribution in [0.5, 0.6) is 0 Å². The minimum Gasteiger partial charge on any atom is -0.398 e. The number of carbonyl (C=O) groups is 1. The largest absolute Gasteiger partial charge is 0.398 e. The van der Waals surface area contributed by atoms with Gasteiger partial charge >= 0.3 is 0 Å². The fourth-order valence-electron chi connectivity index (χ4n) is 2.55. The van der Waals surface area contributed by atoms with E-state index in [0.29, 0.717) is 17.3 Å². The summed E-state index contributed by atoms with van der Waals surface area (Å²) in [5.41, 5.74) is 7.05. The van der Waals surface area contributed by atoms with Crippen LogP contribution in [0.1, 0.15) is 55.3 Å². The van der Waals surface area contributed by atoms with E-state index in [0.717, 1.165) is 17.3 Å². The topological polar surface area (TPSA) is 55.1 Å². The van der Waals surface area contributed by atoms with E-state index in [1.807, 2.05) is 6.07 Å². The van der Waals surface area contributed by atoms with Crippen molar-refractivity contribution in [2.75, 3.05) is 5.73 Å². The molecule has 0 atom stereocenters. The number of amides is 1. The smallest absolute Gasteiger partial charge is 0.251 e. The lowest BCUT2D eigenvalue weighted by atomic mass is 9.96. The van der Waals surface area contributed by atoms with Crippen LogP contribution < -0.4 is 11.1 Å². The Labute approximate surface area is 123 Å². The lowest BCUT2D eigenvalue weighted by molar-refractivity contribution is 0.0930. The predicted molar refractivity (Wildman–Crippen MR) is 82.1 cm³/mol. The molecule has 1 aliphatic rings. The first-order valence-electron chi connectivity index (χ1n) is 7.02. The zero-order valence-corrected chi connectivity index (χ0v) is 12.7. The van der Waals surface area contributed by atoms with E-state index in [1.54, 1.807) is 12.1 Å². The van der Waals surface area contributed by atoms with Crippen LogP contribution in [0.4, 0.5) is 5.69 Å². The zero-order valence-electron chi connectivity index (χ0n) is 11.1. The molecule has 1 saturated carbocycles. The van der Waals surface area contributed by atoms with Crippen molar-refractivity contribution in [2.24, 2.45) is 0 Å². The maximum atomic E-state index is 12.2. The van der Waals surface area contributed by atoms with Gasteiger partial charge in [0.05, 0.1) is 0 Å². The van der Waals surface area contributed by atoms with Gasteiger partial charge in [-0.15, -0.1) is 0 Å². The van der Waals surface area contributed by atoms with Gasteiger partial charge in [0, 0.05) is 21.8 Å². The van der Waals surface area contributed by atoms with Crippen LogP contribution in [0.15, 0.2) is 22.7 Å². The van der Waals surface area contributed by atoms with Crippen molar-refractivity contribution in [2.45, 2.75) is 51.0 Å². The van der Waals surface area contributed by atoms with Crippen molar-refractivity contribution >= 4 is 27.5 Å². The molecule has 0 radical (unpaired) electrons. The van der Waals surface area contributed by atoms with Crippen LogP contribution in [0.3, 0.4) is 0 Å². The minimum atomic E-state index is -0.00947. The molecule has 104 valence electrons. The SMILES string of the molecule is Nc1cc(C(=O)NC2CCCCCCC2)ccc1Br. The highest BCUT2D eigenvalue weighted by Crippen LogP contribution is 2.21. The number of rotatable bonds is 2. The summed E-state index contributed by atoms with van der Waals surface area (Å²) < 4.78 is 0.829. The van der Waals surface area contributed by atoms with Crippen LogP contribution in [0.2, 0.25) is 0 Å². The van der Waals surface area contributed by atoms with E-state index in [2.05, 4.69) is 21.2 Å². The van der Waals surface area contributed by atoms with E-state index in [1.165, 1.54) is 32.1 Å². The first-order valence-corrected chi connectivity index (χ1v) is 7.82. The molecule has 0 heterocycles. The van der Waals surface area contributed by atoms with E-state index in [4.69, 9.17) is 5.73 Å². The number of nitrogens with one attached hydrogen (secondary N) is 1. The molecule has 0 saturated heterocycles. The number of halogens is 1. The minimum absolute atomic E-state index is 0.00947. The molecule has 4 heteroatoms. The Hall–Kier alpha value is -1.03. The molecule has 0 unspecified atom stereocenters. The number of carbonyl (C=O) groups excluding carboxylic acids is 1. The van der Waals surface area contributed by atoms with Crippen molar-refractivity contribution < 1.29 is 4.79 Å². The first kappa shape index (κ1) is 14.4. The molecular formula is C15H21BrN2O. The molecule has 19 heavy (non-hydrogen) atoms. The summed E-state index contributed by atoms with van der Waals surface area (Å²) in [6.45, 7) is 0. The molecule has 0 aromatic heterocycles. The van der Waals surface area contributed by atoms with E-state index >= 15 is 0 Å². The summed E-state index contributed by atoms with van der Waals surface area (Å²) in [5, 5.41) is 3.14. The summed E-state index contributed by atoms with van der Waals surface area (Å²) in [7, 11) is 0. The molecule has 1 fully saturated rings. The van der Waals surface area contributed by atoms with Gasteiger partial charge in [0.15, 0.2) is 0 Å². The van der Waals surface area contributed by atoms with Crippen LogP contribution in [0, 0.1) is 0 Å². The summed E-state index contributed by atoms with van der Waals surface area (Å²) in [6.07, 6.45) is 8.54. The van der Waals surface area contributed by atoms with Gasteiger partial charge in [0.1, 0.15) is 0 Å². The average molecular weight is 325 g/mol. The van der Waals surface area contributed by atoms with Crippen molar-refractivity contribution in [3.63, 3.8) is 0 Å². The van der Waals surface area contributed by atoms with E-state index in [-0.39, 0.29) is 5.91 Å². The molecule has 1 aliphatic carbocycles. The Morgan fingerprint density at radius 2 is 1.79 bits per heavy atom. The van der Waals surface area contributed by atoms with Crippen LogP contribution >= 0.6 is 15.9 Å². The predicted octanol–water partition coefficient (Wildman–Crippen LogP) is 3.87. The number of hydrogen-bond acceptors (Lipinski definition) is 2. The van der Waals surface area contributed by atoms with Crippen molar-refractivity contribution in [1.82, 2.24) is 5.32 Å². The third-order valence-electron chi connectivity index (χ3n) is 3.70. The molecule has 3 N–H and O–H groups in total. The summed E-state index contributed by atoms with van der Waals surface area (Å²) in [4.78, 5) is 12.2. The van der Waals surface area contributed by atoms with Crippen LogP contribution in [-0.2, 0) is 0 Å². The standard InChI is InChI=1S/C15H21BrN2O/c16-13-9-8-11(10-14(13)17)15(19)18-12-6-4-2-1-3-5-7-12/h8-10,12H,1-7,17H2,(H,18,19). The Morgan fingerprint density at radius 1 is 1.16 bits per heavy atom. The third-order valence-corrected chi connectivity index (χ3v) is 4.42. The Morgan fingerprint density at radius 3 is 2.42 bits per heavy atom. The summed E-state index contributed by atoms with van der Waals surface area (Å²) in [5.74, 6) is -0.00947. The lowest BCUT2D eigenvalue weighted by Crippen LogP contribution is -2.35. The number of hydrogen-bond donors (Lipinski definition) is 2. The van der Waals surface area contributed by atoms with Gasteiger partial charge in [0.25, 0.3) is 5.91 Å². The number of benzene rings is 1.